The van der Waals surface area contributed by atoms with Gasteiger partial charge in [-0.25, -0.2) is 0 Å². The first-order chi connectivity index (χ1) is 8.22. The lowest BCUT2D eigenvalue weighted by Crippen LogP contribution is -2.33. The van der Waals surface area contributed by atoms with Crippen molar-refractivity contribution in [1.82, 2.24) is 4.90 Å². The Morgan fingerprint density at radius 2 is 1.94 bits per heavy atom. The van der Waals surface area contributed by atoms with Gasteiger partial charge in [0.2, 0.25) is 0 Å². The van der Waals surface area contributed by atoms with Crippen LogP contribution in [-0.2, 0) is 6.42 Å². The van der Waals surface area contributed by atoms with Crippen molar-refractivity contribution in [2.75, 3.05) is 19.6 Å². The highest BCUT2D eigenvalue weighted by molar-refractivity contribution is 5.17. The average Bonchev–Trinajstić information content (AvgIpc) is 2.52. The van der Waals surface area contributed by atoms with Crippen LogP contribution < -0.4 is 0 Å². The minimum atomic E-state index is -0.495. The second-order valence-electron chi connectivity index (χ2n) is 5.17. The monoisotopic (exact) mass is 233 g/mol. The lowest BCUT2D eigenvalue weighted by molar-refractivity contribution is 0.0258. The second-order valence-corrected chi connectivity index (χ2v) is 5.17. The summed E-state index contributed by atoms with van der Waals surface area (Å²) in [5.74, 6) is 0. The van der Waals surface area contributed by atoms with Crippen LogP contribution in [0, 0.1) is 0 Å². The quantitative estimate of drug-likeness (QED) is 0.867. The Labute approximate surface area is 104 Å². The molecular weight excluding hydrogens is 210 g/mol. The molecule has 0 aromatic heterocycles. The molecular formula is C15H23NO. The van der Waals surface area contributed by atoms with Gasteiger partial charge in [0.15, 0.2) is 0 Å². The summed E-state index contributed by atoms with van der Waals surface area (Å²) in [7, 11) is 0. The molecule has 2 heteroatoms. The zero-order valence-corrected chi connectivity index (χ0v) is 10.7. The number of likely N-dealkylation sites (tertiary alicyclic amines) is 1. The first kappa shape index (κ1) is 12.6. The van der Waals surface area contributed by atoms with Crippen LogP contribution in [0.4, 0.5) is 0 Å². The fraction of sp³-hybridized carbons (Fsp3) is 0.600. The highest BCUT2D eigenvalue weighted by Gasteiger charge is 2.29. The first-order valence-electron chi connectivity index (χ1n) is 6.70. The molecule has 0 aliphatic carbocycles. The van der Waals surface area contributed by atoms with Gasteiger partial charge in [0.1, 0.15) is 0 Å². The Balaban J connectivity index is 1.99. The highest BCUT2D eigenvalue weighted by atomic mass is 16.3. The number of hydrogen-bond donors (Lipinski definition) is 1. The number of aliphatic hydroxyl groups is 1. The topological polar surface area (TPSA) is 23.5 Å². The van der Waals surface area contributed by atoms with Gasteiger partial charge in [-0.3, -0.25) is 0 Å². The van der Waals surface area contributed by atoms with Gasteiger partial charge in [0, 0.05) is 13.0 Å². The van der Waals surface area contributed by atoms with Crippen LogP contribution in [0.15, 0.2) is 30.3 Å². The van der Waals surface area contributed by atoms with Crippen LogP contribution in [0.2, 0.25) is 0 Å². The Morgan fingerprint density at radius 3 is 2.65 bits per heavy atom. The summed E-state index contributed by atoms with van der Waals surface area (Å²) in [5, 5.41) is 10.7. The van der Waals surface area contributed by atoms with Crippen LogP contribution in [0.5, 0.6) is 0 Å². The maximum Gasteiger partial charge on any atom is 0.0700 e. The standard InChI is InChI=1S/C15H23NO/c1-2-16-11-6-9-15(17,10-12-16)13-14-7-4-3-5-8-14/h3-5,7-8,17H,2,6,9-13H2,1H3. The van der Waals surface area contributed by atoms with E-state index in [1.54, 1.807) is 0 Å². The van der Waals surface area contributed by atoms with E-state index >= 15 is 0 Å². The largest absolute Gasteiger partial charge is 0.389 e. The summed E-state index contributed by atoms with van der Waals surface area (Å²) in [6.45, 7) is 5.45. The van der Waals surface area contributed by atoms with E-state index in [1.165, 1.54) is 5.56 Å². The third-order valence-corrected chi connectivity index (χ3v) is 3.83. The molecule has 1 saturated heterocycles. The van der Waals surface area contributed by atoms with Gasteiger partial charge in [-0.05, 0) is 37.9 Å². The summed E-state index contributed by atoms with van der Waals surface area (Å²) < 4.78 is 0. The number of benzene rings is 1. The predicted molar refractivity (Wildman–Crippen MR) is 71.1 cm³/mol. The molecule has 2 nitrogen and oxygen atoms in total. The van der Waals surface area contributed by atoms with Gasteiger partial charge in [-0.1, -0.05) is 37.3 Å². The minimum Gasteiger partial charge on any atom is -0.389 e. The van der Waals surface area contributed by atoms with Crippen LogP contribution >= 0.6 is 0 Å². The second kappa shape index (κ2) is 5.65. The molecule has 1 fully saturated rings. The van der Waals surface area contributed by atoms with Crippen molar-refractivity contribution in [3.63, 3.8) is 0 Å². The van der Waals surface area contributed by atoms with Crippen LogP contribution in [0.25, 0.3) is 0 Å². The van der Waals surface area contributed by atoms with E-state index < -0.39 is 5.60 Å². The third kappa shape index (κ3) is 3.55. The van der Waals surface area contributed by atoms with Gasteiger partial charge in [-0.2, -0.15) is 0 Å². The molecule has 1 N–H and O–H groups in total. The van der Waals surface area contributed by atoms with Crippen LogP contribution in [0.3, 0.4) is 0 Å². The Bertz CT molecular complexity index is 338. The van der Waals surface area contributed by atoms with Gasteiger partial charge >= 0.3 is 0 Å². The fourth-order valence-electron chi connectivity index (χ4n) is 2.70. The molecule has 0 radical (unpaired) electrons. The first-order valence-corrected chi connectivity index (χ1v) is 6.70. The molecule has 17 heavy (non-hydrogen) atoms. The zero-order chi connectivity index (χ0) is 12.1. The zero-order valence-electron chi connectivity index (χ0n) is 10.7. The molecule has 2 rings (SSSR count). The van der Waals surface area contributed by atoms with E-state index in [0.29, 0.717) is 0 Å². The summed E-state index contributed by atoms with van der Waals surface area (Å²) in [5.41, 5.74) is 0.755. The lowest BCUT2D eigenvalue weighted by Gasteiger charge is -2.27. The van der Waals surface area contributed by atoms with E-state index in [1.807, 2.05) is 18.2 Å². The molecule has 1 unspecified atom stereocenters. The van der Waals surface area contributed by atoms with Crippen molar-refractivity contribution in [2.45, 2.75) is 38.2 Å². The fourth-order valence-corrected chi connectivity index (χ4v) is 2.70. The van der Waals surface area contributed by atoms with E-state index in [0.717, 1.165) is 45.3 Å². The average molecular weight is 233 g/mol. The molecule has 1 aromatic rings. The maximum atomic E-state index is 10.7. The number of nitrogens with zero attached hydrogens (tertiary/aromatic N) is 1. The van der Waals surface area contributed by atoms with Crippen molar-refractivity contribution in [1.29, 1.82) is 0 Å². The molecule has 1 atom stereocenters. The Kier molecular flexibility index (Phi) is 4.19. The molecule has 1 heterocycles. The molecule has 1 aliphatic rings. The number of hydrogen-bond acceptors (Lipinski definition) is 2. The molecule has 1 aliphatic heterocycles. The molecule has 0 spiro atoms. The highest BCUT2D eigenvalue weighted by Crippen LogP contribution is 2.26. The summed E-state index contributed by atoms with van der Waals surface area (Å²) >= 11 is 0. The van der Waals surface area contributed by atoms with Gasteiger partial charge < -0.3 is 10.0 Å². The van der Waals surface area contributed by atoms with Crippen molar-refractivity contribution in [3.05, 3.63) is 35.9 Å². The summed E-state index contributed by atoms with van der Waals surface area (Å²) in [4.78, 5) is 2.43. The molecule has 1 aromatic carbocycles. The number of rotatable bonds is 3. The van der Waals surface area contributed by atoms with Gasteiger partial charge in [0.25, 0.3) is 0 Å². The molecule has 0 bridgehead atoms. The maximum absolute atomic E-state index is 10.7. The van der Waals surface area contributed by atoms with Crippen LogP contribution in [0.1, 0.15) is 31.7 Å². The van der Waals surface area contributed by atoms with Crippen molar-refractivity contribution >= 4 is 0 Å². The van der Waals surface area contributed by atoms with Crippen molar-refractivity contribution in [3.8, 4) is 0 Å². The lowest BCUT2D eigenvalue weighted by atomic mass is 9.88. The molecule has 0 amide bonds. The predicted octanol–water partition coefficient (Wildman–Crippen LogP) is 2.47. The van der Waals surface area contributed by atoms with E-state index in [9.17, 15) is 5.11 Å². The van der Waals surface area contributed by atoms with Crippen molar-refractivity contribution in [2.24, 2.45) is 0 Å². The normalized spacial score (nSPS) is 26.7. The van der Waals surface area contributed by atoms with Crippen molar-refractivity contribution < 1.29 is 5.11 Å². The SMILES string of the molecule is CCN1CCCC(O)(Cc2ccccc2)CC1. The summed E-state index contributed by atoms with van der Waals surface area (Å²) in [6, 6.07) is 10.3. The summed E-state index contributed by atoms with van der Waals surface area (Å²) in [6.07, 6.45) is 3.73. The Hall–Kier alpha value is -0.860. The third-order valence-electron chi connectivity index (χ3n) is 3.83. The van der Waals surface area contributed by atoms with Gasteiger partial charge in [0.05, 0.1) is 5.60 Å². The minimum absolute atomic E-state index is 0.495. The van der Waals surface area contributed by atoms with E-state index in [2.05, 4.69) is 24.0 Å². The smallest absolute Gasteiger partial charge is 0.0700 e. The van der Waals surface area contributed by atoms with E-state index in [4.69, 9.17) is 0 Å². The Morgan fingerprint density at radius 1 is 1.18 bits per heavy atom. The molecule has 0 saturated carbocycles. The van der Waals surface area contributed by atoms with Crippen LogP contribution in [-0.4, -0.2) is 35.2 Å². The molecule has 94 valence electrons. The van der Waals surface area contributed by atoms with Gasteiger partial charge in [-0.15, -0.1) is 0 Å². The van der Waals surface area contributed by atoms with E-state index in [-0.39, 0.29) is 0 Å².